The van der Waals surface area contributed by atoms with Crippen LogP contribution >= 0.6 is 0 Å². The quantitative estimate of drug-likeness (QED) is 0.878. The molecule has 19 heavy (non-hydrogen) atoms. The molecule has 2 N–H and O–H groups in total. The van der Waals surface area contributed by atoms with Gasteiger partial charge >= 0.3 is 0 Å². The summed E-state index contributed by atoms with van der Waals surface area (Å²) >= 11 is 0. The van der Waals surface area contributed by atoms with Crippen molar-refractivity contribution in [3.8, 4) is 0 Å². The minimum Gasteiger partial charge on any atom is -0.325 e. The number of aromatic nitrogens is 1. The maximum atomic E-state index is 12.5. The number of piperidine rings is 1. The third kappa shape index (κ3) is 3.13. The van der Waals surface area contributed by atoms with E-state index in [2.05, 4.69) is 15.6 Å². The highest BCUT2D eigenvalue weighted by molar-refractivity contribution is 5.95. The molecular formula is C15H23N3O. The molecule has 2 rings (SSSR count). The highest BCUT2D eigenvalue weighted by Gasteiger charge is 2.37. The van der Waals surface area contributed by atoms with Crippen LogP contribution in [0.1, 0.15) is 32.3 Å². The van der Waals surface area contributed by atoms with Crippen molar-refractivity contribution in [2.45, 2.75) is 33.6 Å². The second kappa shape index (κ2) is 5.70. The lowest BCUT2D eigenvalue weighted by Gasteiger charge is -2.36. The number of amides is 1. The van der Waals surface area contributed by atoms with Gasteiger partial charge < -0.3 is 10.6 Å². The summed E-state index contributed by atoms with van der Waals surface area (Å²) in [5.74, 6) is 0.485. The maximum Gasteiger partial charge on any atom is 0.230 e. The summed E-state index contributed by atoms with van der Waals surface area (Å²) in [6.07, 6.45) is 5.74. The van der Waals surface area contributed by atoms with Crippen LogP contribution < -0.4 is 10.6 Å². The van der Waals surface area contributed by atoms with Crippen LogP contribution in [0.4, 0.5) is 5.69 Å². The number of carbonyl (C=O) groups is 1. The van der Waals surface area contributed by atoms with Gasteiger partial charge in [0, 0.05) is 23.5 Å². The van der Waals surface area contributed by atoms with Gasteiger partial charge in [-0.25, -0.2) is 0 Å². The van der Waals surface area contributed by atoms with Gasteiger partial charge in [-0.05, 0) is 50.4 Å². The number of carbonyl (C=O) groups excluding carboxylic acids is 1. The van der Waals surface area contributed by atoms with E-state index >= 15 is 0 Å². The second-order valence-electron chi connectivity index (χ2n) is 5.91. The van der Waals surface area contributed by atoms with Crippen LogP contribution in [0.5, 0.6) is 0 Å². The molecule has 1 atom stereocenters. The van der Waals surface area contributed by atoms with Gasteiger partial charge in [-0.3, -0.25) is 9.78 Å². The Balaban J connectivity index is 2.08. The summed E-state index contributed by atoms with van der Waals surface area (Å²) < 4.78 is 0. The van der Waals surface area contributed by atoms with Crippen molar-refractivity contribution in [3.63, 3.8) is 0 Å². The predicted molar refractivity (Wildman–Crippen MR) is 77.0 cm³/mol. The van der Waals surface area contributed by atoms with Crippen molar-refractivity contribution in [1.82, 2.24) is 10.3 Å². The number of aryl methyl sites for hydroxylation is 1. The lowest BCUT2D eigenvalue weighted by molar-refractivity contribution is -0.127. The number of hydrogen-bond acceptors (Lipinski definition) is 3. The molecule has 0 spiro atoms. The number of hydrogen-bond donors (Lipinski definition) is 2. The fourth-order valence-corrected chi connectivity index (χ4v) is 2.55. The van der Waals surface area contributed by atoms with Crippen LogP contribution in [0, 0.1) is 18.3 Å². The highest BCUT2D eigenvalue weighted by atomic mass is 16.2. The fourth-order valence-electron chi connectivity index (χ4n) is 2.55. The summed E-state index contributed by atoms with van der Waals surface area (Å²) in [6.45, 7) is 8.03. The van der Waals surface area contributed by atoms with Crippen LogP contribution in [-0.2, 0) is 4.79 Å². The van der Waals surface area contributed by atoms with E-state index in [1.54, 1.807) is 12.4 Å². The van der Waals surface area contributed by atoms with Gasteiger partial charge in [0.1, 0.15) is 0 Å². The zero-order valence-corrected chi connectivity index (χ0v) is 12.0. The topological polar surface area (TPSA) is 54.0 Å². The van der Waals surface area contributed by atoms with Crippen LogP contribution in [0.2, 0.25) is 0 Å². The average Bonchev–Trinajstić information content (AvgIpc) is 2.42. The Kier molecular flexibility index (Phi) is 4.20. The molecule has 1 aromatic rings. The first-order chi connectivity index (χ1) is 9.01. The Labute approximate surface area is 115 Å². The van der Waals surface area contributed by atoms with E-state index in [-0.39, 0.29) is 11.3 Å². The smallest absolute Gasteiger partial charge is 0.230 e. The summed E-state index contributed by atoms with van der Waals surface area (Å²) in [6, 6.07) is 1.85. The number of nitrogens with zero attached hydrogens (tertiary/aromatic N) is 1. The molecule has 2 heterocycles. The van der Waals surface area contributed by atoms with E-state index in [0.29, 0.717) is 5.92 Å². The van der Waals surface area contributed by atoms with Crippen LogP contribution in [0.15, 0.2) is 18.5 Å². The summed E-state index contributed by atoms with van der Waals surface area (Å²) in [7, 11) is 0. The van der Waals surface area contributed by atoms with Crippen molar-refractivity contribution in [2.24, 2.45) is 11.3 Å². The summed E-state index contributed by atoms with van der Waals surface area (Å²) in [5, 5.41) is 6.42. The molecule has 4 heteroatoms. The first kappa shape index (κ1) is 14.0. The minimum absolute atomic E-state index is 0.0931. The van der Waals surface area contributed by atoms with E-state index in [4.69, 9.17) is 0 Å². The van der Waals surface area contributed by atoms with Crippen LogP contribution in [0.25, 0.3) is 0 Å². The minimum atomic E-state index is -0.358. The number of anilines is 1. The van der Waals surface area contributed by atoms with Gasteiger partial charge in [0.15, 0.2) is 0 Å². The number of rotatable bonds is 3. The zero-order valence-electron chi connectivity index (χ0n) is 12.0. The van der Waals surface area contributed by atoms with Gasteiger partial charge in [-0.2, -0.15) is 0 Å². The van der Waals surface area contributed by atoms with Gasteiger partial charge in [0.25, 0.3) is 0 Å². The van der Waals surface area contributed by atoms with Crippen molar-refractivity contribution in [1.29, 1.82) is 0 Å². The van der Waals surface area contributed by atoms with E-state index < -0.39 is 0 Å². The molecule has 1 aromatic heterocycles. The Morgan fingerprint density at radius 3 is 2.95 bits per heavy atom. The van der Waals surface area contributed by atoms with E-state index in [1.807, 2.05) is 26.8 Å². The molecule has 0 saturated carbocycles. The number of nitrogens with one attached hydrogen (secondary N) is 2. The SMILES string of the molecule is Cc1cnccc1NC(=O)C(C)(C)C1CCCNC1. The molecule has 104 valence electrons. The first-order valence-electron chi connectivity index (χ1n) is 6.94. The Bertz CT molecular complexity index is 450. The van der Waals surface area contributed by atoms with E-state index in [0.717, 1.165) is 37.2 Å². The molecule has 1 amide bonds. The Morgan fingerprint density at radius 1 is 1.53 bits per heavy atom. The molecule has 1 aliphatic heterocycles. The standard InChI is InChI=1S/C15H23N3O/c1-11-9-17-8-6-13(11)18-14(19)15(2,3)12-5-4-7-16-10-12/h6,8-9,12,16H,4-5,7,10H2,1-3H3,(H,17,18,19). The monoisotopic (exact) mass is 261 g/mol. The maximum absolute atomic E-state index is 12.5. The first-order valence-corrected chi connectivity index (χ1v) is 6.94. The highest BCUT2D eigenvalue weighted by Crippen LogP contribution is 2.33. The molecule has 0 bridgehead atoms. The van der Waals surface area contributed by atoms with Crippen molar-refractivity contribution in [3.05, 3.63) is 24.0 Å². The molecular weight excluding hydrogens is 238 g/mol. The van der Waals surface area contributed by atoms with Gasteiger partial charge in [-0.1, -0.05) is 13.8 Å². The van der Waals surface area contributed by atoms with E-state index in [1.165, 1.54) is 0 Å². The Hall–Kier alpha value is -1.42. The third-order valence-corrected chi connectivity index (χ3v) is 4.17. The molecule has 1 saturated heterocycles. The second-order valence-corrected chi connectivity index (χ2v) is 5.91. The van der Waals surface area contributed by atoms with Crippen LogP contribution in [0.3, 0.4) is 0 Å². The van der Waals surface area contributed by atoms with Crippen LogP contribution in [-0.4, -0.2) is 24.0 Å². The molecule has 0 aliphatic carbocycles. The lowest BCUT2D eigenvalue weighted by atomic mass is 9.74. The number of pyridine rings is 1. The van der Waals surface area contributed by atoms with E-state index in [9.17, 15) is 4.79 Å². The predicted octanol–water partition coefficient (Wildman–Crippen LogP) is 2.35. The van der Waals surface area contributed by atoms with Crippen molar-refractivity contribution >= 4 is 11.6 Å². The Morgan fingerprint density at radius 2 is 2.32 bits per heavy atom. The molecule has 1 unspecified atom stereocenters. The average molecular weight is 261 g/mol. The normalized spacial score (nSPS) is 20.1. The van der Waals surface area contributed by atoms with Gasteiger partial charge in [-0.15, -0.1) is 0 Å². The molecule has 4 nitrogen and oxygen atoms in total. The van der Waals surface area contributed by atoms with Crippen molar-refractivity contribution < 1.29 is 4.79 Å². The fraction of sp³-hybridized carbons (Fsp3) is 0.600. The zero-order chi connectivity index (χ0) is 13.9. The summed E-state index contributed by atoms with van der Waals surface area (Å²) in [4.78, 5) is 16.6. The van der Waals surface area contributed by atoms with Gasteiger partial charge in [0.05, 0.1) is 0 Å². The van der Waals surface area contributed by atoms with Crippen molar-refractivity contribution in [2.75, 3.05) is 18.4 Å². The molecule has 1 fully saturated rings. The summed E-state index contributed by atoms with van der Waals surface area (Å²) in [5.41, 5.74) is 1.49. The molecule has 1 aliphatic rings. The third-order valence-electron chi connectivity index (χ3n) is 4.17. The van der Waals surface area contributed by atoms with Gasteiger partial charge in [0.2, 0.25) is 5.91 Å². The molecule has 0 radical (unpaired) electrons. The molecule has 0 aromatic carbocycles. The largest absolute Gasteiger partial charge is 0.325 e. The lowest BCUT2D eigenvalue weighted by Crippen LogP contribution is -2.44.